The fourth-order valence-corrected chi connectivity index (χ4v) is 7.74. The van der Waals surface area contributed by atoms with Gasteiger partial charge < -0.3 is 0 Å². The Morgan fingerprint density at radius 3 is 1.42 bits per heavy atom. The Kier molecular flexibility index (Phi) is 5.87. The molecular weight excluding hydrogens is 546 g/mol. The van der Waals surface area contributed by atoms with Gasteiger partial charge in [0.05, 0.1) is 0 Å². The van der Waals surface area contributed by atoms with Gasteiger partial charge in [-0.05, 0) is 55.3 Å². The van der Waals surface area contributed by atoms with Crippen molar-refractivity contribution in [1.29, 1.82) is 0 Å². The van der Waals surface area contributed by atoms with E-state index in [1.807, 2.05) is 18.2 Å². The molecule has 6 aromatic rings. The summed E-state index contributed by atoms with van der Waals surface area (Å²) in [5.41, 5.74) is 13.0. The van der Waals surface area contributed by atoms with Gasteiger partial charge in [0, 0.05) is 22.1 Å². The van der Waals surface area contributed by atoms with Crippen LogP contribution in [0.3, 0.4) is 0 Å². The van der Waals surface area contributed by atoms with Crippen LogP contribution in [0.1, 0.15) is 63.8 Å². The maximum absolute atomic E-state index is 5.34. The molecule has 0 amide bonds. The molecule has 0 radical (unpaired) electrons. The number of fused-ring (bicyclic) bond motifs is 6. The Labute approximate surface area is 266 Å². The average Bonchev–Trinajstić information content (AvgIpc) is 3.30. The SMILES string of the molecule is CC1(C)c2ccccc2-c2c(-c3nc(-c4ccccc4)nc(-c4cccc5c4-c4ccccc4C(C)(C)C5(C)C)n3)cccc21. The van der Waals surface area contributed by atoms with Crippen molar-refractivity contribution in [2.24, 2.45) is 0 Å². The minimum absolute atomic E-state index is 0.0561. The second-order valence-corrected chi connectivity index (χ2v) is 14.1. The summed E-state index contributed by atoms with van der Waals surface area (Å²) in [6, 6.07) is 41.1. The Balaban J connectivity index is 1.43. The molecule has 0 saturated heterocycles. The van der Waals surface area contributed by atoms with Gasteiger partial charge >= 0.3 is 0 Å². The van der Waals surface area contributed by atoms with Crippen LogP contribution >= 0.6 is 0 Å². The zero-order chi connectivity index (χ0) is 31.1. The van der Waals surface area contributed by atoms with Crippen molar-refractivity contribution in [1.82, 2.24) is 15.0 Å². The number of benzene rings is 5. The van der Waals surface area contributed by atoms with Crippen LogP contribution in [0.15, 0.2) is 115 Å². The van der Waals surface area contributed by atoms with Crippen molar-refractivity contribution >= 4 is 0 Å². The van der Waals surface area contributed by atoms with E-state index in [0.29, 0.717) is 17.5 Å². The van der Waals surface area contributed by atoms with E-state index < -0.39 is 0 Å². The van der Waals surface area contributed by atoms with E-state index >= 15 is 0 Å². The van der Waals surface area contributed by atoms with E-state index in [1.165, 1.54) is 44.5 Å². The van der Waals surface area contributed by atoms with Gasteiger partial charge in [0.15, 0.2) is 17.5 Å². The summed E-state index contributed by atoms with van der Waals surface area (Å²) >= 11 is 0. The van der Waals surface area contributed by atoms with Gasteiger partial charge in [-0.25, -0.2) is 15.0 Å². The predicted molar refractivity (Wildman–Crippen MR) is 185 cm³/mol. The summed E-state index contributed by atoms with van der Waals surface area (Å²) in [5, 5.41) is 0. The van der Waals surface area contributed by atoms with Gasteiger partial charge in [-0.2, -0.15) is 0 Å². The molecule has 1 heterocycles. The van der Waals surface area contributed by atoms with Crippen LogP contribution < -0.4 is 0 Å². The van der Waals surface area contributed by atoms with Gasteiger partial charge in [-0.1, -0.05) is 157 Å². The topological polar surface area (TPSA) is 38.7 Å². The van der Waals surface area contributed by atoms with Crippen LogP contribution in [0.2, 0.25) is 0 Å². The van der Waals surface area contributed by atoms with Crippen molar-refractivity contribution < 1.29 is 0 Å². The summed E-state index contributed by atoms with van der Waals surface area (Å²) in [6.45, 7) is 14.1. The normalized spacial score (nSPS) is 16.3. The molecule has 45 heavy (non-hydrogen) atoms. The smallest absolute Gasteiger partial charge is 0.164 e. The number of nitrogens with zero attached hydrogens (tertiary/aromatic N) is 3. The average molecular weight is 584 g/mol. The van der Waals surface area contributed by atoms with Gasteiger partial charge in [0.25, 0.3) is 0 Å². The highest BCUT2D eigenvalue weighted by Crippen LogP contribution is 2.56. The van der Waals surface area contributed by atoms with Gasteiger partial charge in [0.1, 0.15) is 0 Å². The number of hydrogen-bond acceptors (Lipinski definition) is 3. The Bertz CT molecular complexity index is 2140. The van der Waals surface area contributed by atoms with Gasteiger partial charge in [-0.15, -0.1) is 0 Å². The maximum atomic E-state index is 5.34. The molecule has 0 atom stereocenters. The molecule has 2 aliphatic carbocycles. The van der Waals surface area contributed by atoms with E-state index in [9.17, 15) is 0 Å². The summed E-state index contributed by atoms with van der Waals surface area (Å²) in [4.78, 5) is 15.7. The van der Waals surface area contributed by atoms with Crippen molar-refractivity contribution in [3.05, 3.63) is 138 Å². The van der Waals surface area contributed by atoms with Crippen LogP contribution in [-0.4, -0.2) is 15.0 Å². The first-order valence-corrected chi connectivity index (χ1v) is 15.9. The first kappa shape index (κ1) is 27.6. The fourth-order valence-electron chi connectivity index (χ4n) is 7.74. The molecule has 8 rings (SSSR count). The highest BCUT2D eigenvalue weighted by Gasteiger charge is 2.46. The molecule has 0 unspecified atom stereocenters. The number of hydrogen-bond donors (Lipinski definition) is 0. The minimum Gasteiger partial charge on any atom is -0.208 e. The third kappa shape index (κ3) is 3.86. The molecular formula is C42H37N3. The molecule has 0 fully saturated rings. The summed E-state index contributed by atoms with van der Waals surface area (Å²) < 4.78 is 0. The van der Waals surface area contributed by atoms with E-state index in [4.69, 9.17) is 15.0 Å². The lowest BCUT2D eigenvalue weighted by molar-refractivity contribution is 0.299. The molecule has 3 nitrogen and oxygen atoms in total. The molecule has 220 valence electrons. The zero-order valence-corrected chi connectivity index (χ0v) is 26.8. The molecule has 0 aliphatic heterocycles. The molecule has 0 N–H and O–H groups in total. The summed E-state index contributed by atoms with van der Waals surface area (Å²) in [5.74, 6) is 2.08. The molecule has 2 aliphatic rings. The lowest BCUT2D eigenvalue weighted by Gasteiger charge is -2.48. The highest BCUT2D eigenvalue weighted by molar-refractivity contribution is 5.92. The second kappa shape index (κ2) is 9.55. The van der Waals surface area contributed by atoms with Gasteiger partial charge in [-0.3, -0.25) is 0 Å². The van der Waals surface area contributed by atoms with Crippen LogP contribution in [-0.2, 0) is 16.2 Å². The molecule has 0 saturated carbocycles. The minimum atomic E-state index is -0.111. The second-order valence-electron chi connectivity index (χ2n) is 14.1. The van der Waals surface area contributed by atoms with E-state index in [-0.39, 0.29) is 16.2 Å². The third-order valence-corrected chi connectivity index (χ3v) is 10.9. The molecule has 0 bridgehead atoms. The highest BCUT2D eigenvalue weighted by atomic mass is 15.0. The largest absolute Gasteiger partial charge is 0.208 e. The standard InChI is InChI=1S/C42H37N3/c1-40(2)31-22-12-10-18-27(31)35-29(20-14-24-33(35)40)38-43-37(26-16-8-7-9-17-26)44-39(45-38)30-21-15-25-34-36(30)28-19-11-13-23-32(28)41(3,4)42(34,5)6/h7-25H,1-6H3. The van der Waals surface area contributed by atoms with Crippen LogP contribution in [0.5, 0.6) is 0 Å². The lowest BCUT2D eigenvalue weighted by atomic mass is 9.55. The molecule has 5 aromatic carbocycles. The predicted octanol–water partition coefficient (Wildman–Crippen LogP) is 10.4. The van der Waals surface area contributed by atoms with E-state index in [0.717, 1.165) is 16.7 Å². The molecule has 1 aromatic heterocycles. The summed E-state index contributed by atoms with van der Waals surface area (Å²) in [6.07, 6.45) is 0. The van der Waals surface area contributed by atoms with Gasteiger partial charge in [0.2, 0.25) is 0 Å². The Morgan fingerprint density at radius 1 is 0.356 bits per heavy atom. The van der Waals surface area contributed by atoms with Crippen molar-refractivity contribution in [3.63, 3.8) is 0 Å². The Morgan fingerprint density at radius 2 is 0.778 bits per heavy atom. The van der Waals surface area contributed by atoms with Crippen LogP contribution in [0, 0.1) is 0 Å². The summed E-state index contributed by atoms with van der Waals surface area (Å²) in [7, 11) is 0. The van der Waals surface area contributed by atoms with Crippen LogP contribution in [0.25, 0.3) is 56.4 Å². The molecule has 0 spiro atoms. The van der Waals surface area contributed by atoms with E-state index in [1.54, 1.807) is 0 Å². The van der Waals surface area contributed by atoms with Crippen molar-refractivity contribution in [2.45, 2.75) is 57.8 Å². The Hall–Kier alpha value is -4.89. The quantitative estimate of drug-likeness (QED) is 0.208. The first-order valence-electron chi connectivity index (χ1n) is 15.9. The monoisotopic (exact) mass is 583 g/mol. The fraction of sp³-hybridized carbons (Fsp3) is 0.214. The third-order valence-electron chi connectivity index (χ3n) is 10.9. The maximum Gasteiger partial charge on any atom is 0.164 e. The number of rotatable bonds is 3. The van der Waals surface area contributed by atoms with Crippen molar-refractivity contribution in [2.75, 3.05) is 0 Å². The first-order chi connectivity index (χ1) is 21.6. The zero-order valence-electron chi connectivity index (χ0n) is 26.8. The molecule has 3 heteroatoms. The van der Waals surface area contributed by atoms with Crippen LogP contribution in [0.4, 0.5) is 0 Å². The number of aromatic nitrogens is 3. The van der Waals surface area contributed by atoms with Crippen molar-refractivity contribution in [3.8, 4) is 56.4 Å². The lowest BCUT2D eigenvalue weighted by Crippen LogP contribution is -2.43. The van der Waals surface area contributed by atoms with E-state index in [2.05, 4.69) is 139 Å².